The Balaban J connectivity index is 1.72. The Bertz CT molecular complexity index is 826. The Morgan fingerprint density at radius 3 is 2.80 bits per heavy atom. The standard InChI is InChI=1S/C19H19N3O3/c1-14-3-2-4-16(11-14)21-19(23)15(13-20)12-17-5-6-18(25-17)22-7-9-24-10-8-22/h2-6,11-12H,7-10H2,1H3,(H,21,23)/b15-12-. The molecule has 1 aromatic carbocycles. The van der Waals surface area contributed by atoms with Gasteiger partial charge < -0.3 is 19.4 Å². The molecular formula is C19H19N3O3. The predicted octanol–water partition coefficient (Wildman–Crippen LogP) is 2.97. The zero-order valence-corrected chi connectivity index (χ0v) is 14.0. The van der Waals surface area contributed by atoms with Gasteiger partial charge in [0.15, 0.2) is 5.88 Å². The molecule has 0 bridgehead atoms. The molecule has 2 aromatic rings. The molecule has 6 heteroatoms. The first kappa shape index (κ1) is 16.8. The highest BCUT2D eigenvalue weighted by atomic mass is 16.5. The van der Waals surface area contributed by atoms with Crippen molar-refractivity contribution in [1.82, 2.24) is 0 Å². The first-order valence-corrected chi connectivity index (χ1v) is 8.08. The molecule has 3 rings (SSSR count). The van der Waals surface area contributed by atoms with Crippen LogP contribution in [0, 0.1) is 18.3 Å². The second-order valence-corrected chi connectivity index (χ2v) is 5.77. The normalized spacial score (nSPS) is 14.9. The fourth-order valence-corrected chi connectivity index (χ4v) is 2.59. The lowest BCUT2D eigenvalue weighted by Crippen LogP contribution is -2.35. The fraction of sp³-hybridized carbons (Fsp3) is 0.263. The molecule has 0 unspecified atom stereocenters. The first-order chi connectivity index (χ1) is 12.2. The molecule has 0 radical (unpaired) electrons. The van der Waals surface area contributed by atoms with Crippen LogP contribution in [0.25, 0.3) is 6.08 Å². The number of anilines is 2. The number of carbonyl (C=O) groups excluding carboxylic acids is 1. The van der Waals surface area contributed by atoms with Gasteiger partial charge in [-0.15, -0.1) is 0 Å². The van der Waals surface area contributed by atoms with E-state index in [0.29, 0.717) is 30.5 Å². The summed E-state index contributed by atoms with van der Waals surface area (Å²) >= 11 is 0. The van der Waals surface area contributed by atoms with E-state index in [0.717, 1.165) is 18.7 Å². The number of rotatable bonds is 4. The third kappa shape index (κ3) is 4.28. The maximum atomic E-state index is 12.3. The van der Waals surface area contributed by atoms with E-state index in [1.807, 2.05) is 37.3 Å². The van der Waals surface area contributed by atoms with Crippen molar-refractivity contribution >= 4 is 23.6 Å². The van der Waals surface area contributed by atoms with Gasteiger partial charge in [0.25, 0.3) is 5.91 Å². The molecule has 1 aliphatic rings. The first-order valence-electron chi connectivity index (χ1n) is 8.08. The zero-order valence-electron chi connectivity index (χ0n) is 14.0. The Kier molecular flexibility index (Phi) is 5.17. The average molecular weight is 337 g/mol. The number of ether oxygens (including phenoxy) is 1. The van der Waals surface area contributed by atoms with E-state index < -0.39 is 5.91 Å². The van der Waals surface area contributed by atoms with Gasteiger partial charge in [-0.1, -0.05) is 12.1 Å². The van der Waals surface area contributed by atoms with Crippen LogP contribution in [0.2, 0.25) is 0 Å². The monoisotopic (exact) mass is 337 g/mol. The third-order valence-corrected chi connectivity index (χ3v) is 3.86. The molecule has 2 heterocycles. The van der Waals surface area contributed by atoms with Gasteiger partial charge in [-0.2, -0.15) is 5.26 Å². The zero-order chi connectivity index (χ0) is 17.6. The largest absolute Gasteiger partial charge is 0.441 e. The van der Waals surface area contributed by atoms with E-state index in [2.05, 4.69) is 10.2 Å². The lowest BCUT2D eigenvalue weighted by molar-refractivity contribution is -0.112. The van der Waals surface area contributed by atoms with Crippen molar-refractivity contribution in [3.8, 4) is 6.07 Å². The van der Waals surface area contributed by atoms with E-state index in [-0.39, 0.29) is 5.57 Å². The molecule has 25 heavy (non-hydrogen) atoms. The van der Waals surface area contributed by atoms with E-state index in [9.17, 15) is 10.1 Å². The molecule has 1 N–H and O–H groups in total. The second kappa shape index (κ2) is 7.69. The van der Waals surface area contributed by atoms with Gasteiger partial charge in [0.05, 0.1) is 13.2 Å². The quantitative estimate of drug-likeness (QED) is 0.685. The van der Waals surface area contributed by atoms with Gasteiger partial charge in [0.2, 0.25) is 0 Å². The summed E-state index contributed by atoms with van der Waals surface area (Å²) in [4.78, 5) is 14.4. The molecule has 1 aliphatic heterocycles. The highest BCUT2D eigenvalue weighted by molar-refractivity contribution is 6.09. The van der Waals surface area contributed by atoms with Crippen LogP contribution in [-0.2, 0) is 9.53 Å². The summed E-state index contributed by atoms with van der Waals surface area (Å²) in [7, 11) is 0. The Morgan fingerprint density at radius 1 is 1.28 bits per heavy atom. The van der Waals surface area contributed by atoms with Crippen LogP contribution in [0.1, 0.15) is 11.3 Å². The number of benzene rings is 1. The molecule has 0 aliphatic carbocycles. The number of aryl methyl sites for hydroxylation is 1. The summed E-state index contributed by atoms with van der Waals surface area (Å²) in [6.07, 6.45) is 1.45. The summed E-state index contributed by atoms with van der Waals surface area (Å²) in [6.45, 7) is 4.78. The smallest absolute Gasteiger partial charge is 0.266 e. The van der Waals surface area contributed by atoms with E-state index in [4.69, 9.17) is 9.15 Å². The average Bonchev–Trinajstić information content (AvgIpc) is 3.09. The van der Waals surface area contributed by atoms with Crippen molar-refractivity contribution in [2.24, 2.45) is 0 Å². The summed E-state index contributed by atoms with van der Waals surface area (Å²) in [5.41, 5.74) is 1.67. The van der Waals surface area contributed by atoms with Gasteiger partial charge in [-0.3, -0.25) is 4.79 Å². The predicted molar refractivity (Wildman–Crippen MR) is 95.1 cm³/mol. The van der Waals surface area contributed by atoms with Crippen molar-refractivity contribution in [2.75, 3.05) is 36.5 Å². The topological polar surface area (TPSA) is 78.5 Å². The summed E-state index contributed by atoms with van der Waals surface area (Å²) in [5, 5.41) is 12.0. The Morgan fingerprint density at radius 2 is 2.08 bits per heavy atom. The van der Waals surface area contributed by atoms with Gasteiger partial charge in [-0.25, -0.2) is 0 Å². The Labute approximate surface area is 146 Å². The van der Waals surface area contributed by atoms with E-state index in [1.54, 1.807) is 12.1 Å². The van der Waals surface area contributed by atoms with Crippen molar-refractivity contribution in [2.45, 2.75) is 6.92 Å². The maximum Gasteiger partial charge on any atom is 0.266 e. The van der Waals surface area contributed by atoms with Crippen molar-refractivity contribution in [3.05, 3.63) is 53.3 Å². The van der Waals surface area contributed by atoms with Crippen molar-refractivity contribution in [1.29, 1.82) is 5.26 Å². The Hall–Kier alpha value is -3.04. The summed E-state index contributed by atoms with van der Waals surface area (Å²) in [5.74, 6) is 0.723. The molecule has 0 saturated carbocycles. The lowest BCUT2D eigenvalue weighted by Gasteiger charge is -2.26. The number of amides is 1. The van der Waals surface area contributed by atoms with Crippen LogP contribution in [0.3, 0.4) is 0 Å². The molecule has 6 nitrogen and oxygen atoms in total. The van der Waals surface area contributed by atoms with Gasteiger partial charge in [0, 0.05) is 30.9 Å². The molecule has 0 atom stereocenters. The van der Waals surface area contributed by atoms with Crippen LogP contribution >= 0.6 is 0 Å². The van der Waals surface area contributed by atoms with Gasteiger partial charge >= 0.3 is 0 Å². The molecule has 128 valence electrons. The number of hydrogen-bond acceptors (Lipinski definition) is 5. The minimum Gasteiger partial charge on any atom is -0.441 e. The van der Waals surface area contributed by atoms with E-state index >= 15 is 0 Å². The number of nitrogens with one attached hydrogen (secondary N) is 1. The second-order valence-electron chi connectivity index (χ2n) is 5.77. The highest BCUT2D eigenvalue weighted by Gasteiger charge is 2.15. The van der Waals surface area contributed by atoms with Crippen LogP contribution in [0.5, 0.6) is 0 Å². The number of furan rings is 1. The van der Waals surface area contributed by atoms with Crippen LogP contribution in [0.15, 0.2) is 46.4 Å². The summed E-state index contributed by atoms with van der Waals surface area (Å²) in [6, 6.07) is 12.9. The highest BCUT2D eigenvalue weighted by Crippen LogP contribution is 2.21. The molecule has 0 spiro atoms. The fourth-order valence-electron chi connectivity index (χ4n) is 2.59. The summed E-state index contributed by atoms with van der Waals surface area (Å²) < 4.78 is 11.1. The molecule has 1 amide bonds. The minimum atomic E-state index is -0.461. The molecule has 1 fully saturated rings. The van der Waals surface area contributed by atoms with Crippen molar-refractivity contribution < 1.29 is 13.9 Å². The van der Waals surface area contributed by atoms with Crippen LogP contribution in [0.4, 0.5) is 11.6 Å². The third-order valence-electron chi connectivity index (χ3n) is 3.86. The lowest BCUT2D eigenvalue weighted by atomic mass is 10.2. The number of carbonyl (C=O) groups is 1. The molecule has 1 saturated heterocycles. The van der Waals surface area contributed by atoms with Crippen LogP contribution < -0.4 is 10.2 Å². The SMILES string of the molecule is Cc1cccc(NC(=O)/C(C#N)=C\c2ccc(N3CCOCC3)o2)c1. The molecular weight excluding hydrogens is 318 g/mol. The van der Waals surface area contributed by atoms with Gasteiger partial charge in [0.1, 0.15) is 17.4 Å². The van der Waals surface area contributed by atoms with Crippen molar-refractivity contribution in [3.63, 3.8) is 0 Å². The number of nitrogens with zero attached hydrogens (tertiary/aromatic N) is 2. The van der Waals surface area contributed by atoms with Crippen LogP contribution in [-0.4, -0.2) is 32.2 Å². The van der Waals surface area contributed by atoms with E-state index in [1.165, 1.54) is 6.08 Å². The van der Waals surface area contributed by atoms with Gasteiger partial charge in [-0.05, 0) is 30.7 Å². The number of nitriles is 1. The minimum absolute atomic E-state index is 0.00983. The maximum absolute atomic E-state index is 12.3. The number of morpholine rings is 1. The number of hydrogen-bond donors (Lipinski definition) is 1. The molecule has 1 aromatic heterocycles.